The summed E-state index contributed by atoms with van der Waals surface area (Å²) < 4.78 is 19.0. The molecule has 2 heterocycles. The van der Waals surface area contributed by atoms with Gasteiger partial charge in [0, 0.05) is 11.5 Å². The van der Waals surface area contributed by atoms with Gasteiger partial charge in [0.15, 0.2) is 0 Å². The minimum Gasteiger partial charge on any atom is -0.378 e. The maximum absolute atomic E-state index is 14.1. The van der Waals surface area contributed by atoms with E-state index in [9.17, 15) is 4.39 Å². The number of ether oxygens (including phenoxy) is 1. The first-order valence-corrected chi connectivity index (χ1v) is 6.52. The first-order chi connectivity index (χ1) is 7.70. The second kappa shape index (κ2) is 3.74. The van der Waals surface area contributed by atoms with Gasteiger partial charge in [-0.1, -0.05) is 17.7 Å². The molecule has 2 aliphatic rings. The molecule has 2 atom stereocenters. The van der Waals surface area contributed by atoms with E-state index in [1.54, 1.807) is 11.8 Å². The average Bonchev–Trinajstić information content (AvgIpc) is 2.61. The highest BCUT2D eigenvalue weighted by molar-refractivity contribution is 8.01. The van der Waals surface area contributed by atoms with E-state index in [-0.39, 0.29) is 11.4 Å². The molecule has 3 rings (SSSR count). The lowest BCUT2D eigenvalue weighted by molar-refractivity contribution is 0.0133. The van der Waals surface area contributed by atoms with Crippen LogP contribution in [0.25, 0.3) is 0 Å². The van der Waals surface area contributed by atoms with Gasteiger partial charge in [0.1, 0.15) is 6.17 Å². The third-order valence-corrected chi connectivity index (χ3v) is 5.15. The summed E-state index contributed by atoms with van der Waals surface area (Å²) in [5.41, 5.74) is 2.58. The highest BCUT2D eigenvalue weighted by atomic mass is 32.2. The molecule has 1 fully saturated rings. The summed E-state index contributed by atoms with van der Waals surface area (Å²) >= 11 is 1.72. The van der Waals surface area contributed by atoms with Gasteiger partial charge in [-0.05, 0) is 31.4 Å². The summed E-state index contributed by atoms with van der Waals surface area (Å²) in [6.07, 6.45) is 0.852. The van der Waals surface area contributed by atoms with Gasteiger partial charge in [0.2, 0.25) is 0 Å². The summed E-state index contributed by atoms with van der Waals surface area (Å²) in [7, 11) is 0. The summed E-state index contributed by atoms with van der Waals surface area (Å²) in [4.78, 5) is 1.26. The number of fused-ring (bicyclic) bond motifs is 1. The van der Waals surface area contributed by atoms with Crippen molar-refractivity contribution in [3.63, 3.8) is 0 Å². The standard InChI is InChI=1S/C13H15FOS/c1-9-2-3-11-10(6-9)7-13(16-11)4-5-15-8-12(13)14/h2-3,6,12H,4-5,7-8H2,1H3. The van der Waals surface area contributed by atoms with Gasteiger partial charge in [-0.2, -0.15) is 0 Å². The Kier molecular flexibility index (Phi) is 2.48. The lowest BCUT2D eigenvalue weighted by atomic mass is 9.90. The molecule has 0 N–H and O–H groups in total. The van der Waals surface area contributed by atoms with Crippen LogP contribution in [0.15, 0.2) is 23.1 Å². The fourth-order valence-electron chi connectivity index (χ4n) is 2.58. The van der Waals surface area contributed by atoms with E-state index >= 15 is 0 Å². The van der Waals surface area contributed by atoms with Crippen molar-refractivity contribution < 1.29 is 9.13 Å². The summed E-state index contributed by atoms with van der Waals surface area (Å²) in [6, 6.07) is 6.43. The molecule has 3 heteroatoms. The molecular formula is C13H15FOS. The molecule has 0 aromatic heterocycles. The molecule has 1 aromatic carbocycles. The number of rotatable bonds is 0. The van der Waals surface area contributed by atoms with Gasteiger partial charge in [-0.3, -0.25) is 0 Å². The quantitative estimate of drug-likeness (QED) is 0.686. The van der Waals surface area contributed by atoms with E-state index < -0.39 is 6.17 Å². The van der Waals surface area contributed by atoms with Gasteiger partial charge < -0.3 is 4.74 Å². The molecule has 0 bridgehead atoms. The van der Waals surface area contributed by atoms with Crippen molar-refractivity contribution in [3.8, 4) is 0 Å². The van der Waals surface area contributed by atoms with E-state index in [0.717, 1.165) is 12.8 Å². The van der Waals surface area contributed by atoms with Gasteiger partial charge in [0.25, 0.3) is 0 Å². The summed E-state index contributed by atoms with van der Waals surface area (Å²) in [5.74, 6) is 0. The zero-order chi connectivity index (χ0) is 11.2. The summed E-state index contributed by atoms with van der Waals surface area (Å²) in [5, 5.41) is 0. The van der Waals surface area contributed by atoms with Crippen molar-refractivity contribution >= 4 is 11.8 Å². The maximum Gasteiger partial charge on any atom is 0.139 e. The molecule has 1 nitrogen and oxygen atoms in total. The Morgan fingerprint density at radius 3 is 3.19 bits per heavy atom. The number of halogens is 1. The second-order valence-corrected chi connectivity index (χ2v) is 6.20. The monoisotopic (exact) mass is 238 g/mol. The van der Waals surface area contributed by atoms with Crippen LogP contribution in [0.2, 0.25) is 0 Å². The Bertz CT molecular complexity index is 420. The number of aryl methyl sites for hydroxylation is 1. The van der Waals surface area contributed by atoms with Crippen LogP contribution in [0.1, 0.15) is 17.5 Å². The predicted molar refractivity (Wildman–Crippen MR) is 63.8 cm³/mol. The fourth-order valence-corrected chi connectivity index (χ4v) is 4.02. The third-order valence-electron chi connectivity index (χ3n) is 3.52. The Hall–Kier alpha value is -0.540. The largest absolute Gasteiger partial charge is 0.378 e. The van der Waals surface area contributed by atoms with Crippen LogP contribution in [-0.2, 0) is 11.2 Å². The highest BCUT2D eigenvalue weighted by Gasteiger charge is 2.47. The third kappa shape index (κ3) is 1.57. The van der Waals surface area contributed by atoms with E-state index in [4.69, 9.17) is 4.74 Å². The average molecular weight is 238 g/mol. The molecule has 86 valence electrons. The smallest absolute Gasteiger partial charge is 0.139 e. The number of alkyl halides is 1. The lowest BCUT2D eigenvalue weighted by Crippen LogP contribution is -2.44. The lowest BCUT2D eigenvalue weighted by Gasteiger charge is -2.35. The minimum atomic E-state index is -0.834. The number of hydrogen-bond donors (Lipinski definition) is 0. The summed E-state index contributed by atoms with van der Waals surface area (Å²) in [6.45, 7) is 3.05. The van der Waals surface area contributed by atoms with Crippen molar-refractivity contribution in [2.75, 3.05) is 13.2 Å². The normalized spacial score (nSPS) is 33.0. The molecule has 0 radical (unpaired) electrons. The van der Waals surface area contributed by atoms with Crippen LogP contribution in [-0.4, -0.2) is 24.1 Å². The Balaban J connectivity index is 1.93. The molecule has 1 spiro atoms. The Labute approximate surface area is 99.4 Å². The first-order valence-electron chi connectivity index (χ1n) is 5.70. The topological polar surface area (TPSA) is 9.23 Å². The van der Waals surface area contributed by atoms with Crippen molar-refractivity contribution in [3.05, 3.63) is 29.3 Å². The number of benzene rings is 1. The van der Waals surface area contributed by atoms with E-state index in [1.165, 1.54) is 16.0 Å². The molecular weight excluding hydrogens is 223 g/mol. The van der Waals surface area contributed by atoms with Crippen LogP contribution in [0.3, 0.4) is 0 Å². The van der Waals surface area contributed by atoms with E-state index in [1.807, 2.05) is 0 Å². The molecule has 0 amide bonds. The SMILES string of the molecule is Cc1ccc2c(c1)CC1(CCOCC1F)S2. The molecule has 2 unspecified atom stereocenters. The fraction of sp³-hybridized carbons (Fsp3) is 0.538. The Morgan fingerprint density at radius 1 is 1.50 bits per heavy atom. The van der Waals surface area contributed by atoms with Crippen LogP contribution < -0.4 is 0 Å². The zero-order valence-corrected chi connectivity index (χ0v) is 10.1. The van der Waals surface area contributed by atoms with Crippen molar-refractivity contribution in [1.82, 2.24) is 0 Å². The van der Waals surface area contributed by atoms with Crippen LogP contribution >= 0.6 is 11.8 Å². The van der Waals surface area contributed by atoms with E-state index in [0.29, 0.717) is 6.61 Å². The second-order valence-electron chi connectivity index (χ2n) is 4.75. The van der Waals surface area contributed by atoms with Gasteiger partial charge in [0.05, 0.1) is 11.4 Å². The molecule has 0 aliphatic carbocycles. The van der Waals surface area contributed by atoms with Crippen molar-refractivity contribution in [2.45, 2.75) is 35.6 Å². The molecule has 1 saturated heterocycles. The Morgan fingerprint density at radius 2 is 2.38 bits per heavy atom. The zero-order valence-electron chi connectivity index (χ0n) is 9.33. The minimum absolute atomic E-state index is 0.242. The van der Waals surface area contributed by atoms with Crippen LogP contribution in [0, 0.1) is 6.92 Å². The molecule has 2 aliphatic heterocycles. The first kappa shape index (κ1) is 10.6. The van der Waals surface area contributed by atoms with Gasteiger partial charge in [-0.15, -0.1) is 11.8 Å². The molecule has 1 aromatic rings. The number of thioether (sulfide) groups is 1. The predicted octanol–water partition coefficient (Wildman–Crippen LogP) is 3.14. The van der Waals surface area contributed by atoms with Gasteiger partial charge in [-0.25, -0.2) is 4.39 Å². The number of hydrogen-bond acceptors (Lipinski definition) is 2. The van der Waals surface area contributed by atoms with Crippen molar-refractivity contribution in [2.24, 2.45) is 0 Å². The van der Waals surface area contributed by atoms with Crippen LogP contribution in [0.4, 0.5) is 4.39 Å². The van der Waals surface area contributed by atoms with Crippen LogP contribution in [0.5, 0.6) is 0 Å². The molecule has 16 heavy (non-hydrogen) atoms. The van der Waals surface area contributed by atoms with Crippen molar-refractivity contribution in [1.29, 1.82) is 0 Å². The highest BCUT2D eigenvalue weighted by Crippen LogP contribution is 2.51. The van der Waals surface area contributed by atoms with Gasteiger partial charge >= 0.3 is 0 Å². The maximum atomic E-state index is 14.1. The van der Waals surface area contributed by atoms with E-state index in [2.05, 4.69) is 25.1 Å². The molecule has 0 saturated carbocycles.